The van der Waals surface area contributed by atoms with Crippen molar-refractivity contribution in [3.63, 3.8) is 0 Å². The van der Waals surface area contributed by atoms with Gasteiger partial charge >= 0.3 is 0 Å². The average molecular weight is 450 g/mol. The molecule has 0 radical (unpaired) electrons. The average Bonchev–Trinajstić information content (AvgIpc) is 3.03. The highest BCUT2D eigenvalue weighted by atomic mass is 32.2. The number of carbonyl (C=O) groups excluding carboxylic acids is 2. The number of morpholine rings is 1. The fraction of sp³-hybridized carbons (Fsp3) is 0.476. The minimum Gasteiger partial charge on any atom is -0.497 e. The van der Waals surface area contributed by atoms with Crippen LogP contribution in [0.3, 0.4) is 0 Å². The maximum absolute atomic E-state index is 12.7. The van der Waals surface area contributed by atoms with E-state index in [1.807, 2.05) is 30.3 Å². The molecule has 0 spiro atoms. The third-order valence-corrected chi connectivity index (χ3v) is 6.30. The second-order valence-corrected chi connectivity index (χ2v) is 8.69. The number of thiocarbonyl (C=S) groups is 1. The molecule has 2 fully saturated rings. The van der Waals surface area contributed by atoms with Gasteiger partial charge in [-0.2, -0.15) is 0 Å². The predicted octanol–water partition coefficient (Wildman–Crippen LogP) is 2.12. The zero-order valence-corrected chi connectivity index (χ0v) is 18.7. The first-order valence-electron chi connectivity index (χ1n) is 10.0. The zero-order valence-electron chi connectivity index (χ0n) is 17.1. The highest BCUT2D eigenvalue weighted by Gasteiger charge is 2.32. The lowest BCUT2D eigenvalue weighted by Gasteiger charge is -2.26. The van der Waals surface area contributed by atoms with Gasteiger partial charge in [0.05, 0.1) is 25.2 Å². The molecule has 9 heteroatoms. The SMILES string of the molecule is COc1ccc(/C=C2/SC(=S)N(CCC(=O)NCCCN3CCOCC3)C2=O)cc1. The molecule has 0 saturated carbocycles. The van der Waals surface area contributed by atoms with Gasteiger partial charge in [0.1, 0.15) is 10.1 Å². The van der Waals surface area contributed by atoms with Crippen LogP contribution in [-0.4, -0.2) is 79.0 Å². The van der Waals surface area contributed by atoms with Crippen LogP contribution in [0.2, 0.25) is 0 Å². The Bertz CT molecular complexity index is 792. The molecule has 0 unspecified atom stereocenters. The van der Waals surface area contributed by atoms with E-state index in [9.17, 15) is 9.59 Å². The molecule has 0 aliphatic carbocycles. The van der Waals surface area contributed by atoms with Crippen LogP contribution in [0.1, 0.15) is 18.4 Å². The summed E-state index contributed by atoms with van der Waals surface area (Å²) in [4.78, 5) is 29.2. The van der Waals surface area contributed by atoms with Crippen LogP contribution in [0.25, 0.3) is 6.08 Å². The van der Waals surface area contributed by atoms with Gasteiger partial charge in [0, 0.05) is 32.6 Å². The number of methoxy groups -OCH3 is 1. The molecule has 2 aliphatic heterocycles. The summed E-state index contributed by atoms with van der Waals surface area (Å²) in [5.41, 5.74) is 0.898. The number of hydrogen-bond donors (Lipinski definition) is 1. The normalized spacial score (nSPS) is 18.8. The number of rotatable bonds is 9. The Morgan fingerprint density at radius 1 is 1.27 bits per heavy atom. The van der Waals surface area contributed by atoms with E-state index in [2.05, 4.69) is 10.2 Å². The number of nitrogens with zero attached hydrogens (tertiary/aromatic N) is 2. The van der Waals surface area contributed by atoms with Crippen LogP contribution >= 0.6 is 24.0 Å². The fourth-order valence-electron chi connectivity index (χ4n) is 3.20. The van der Waals surface area contributed by atoms with Gasteiger partial charge < -0.3 is 14.8 Å². The highest BCUT2D eigenvalue weighted by Crippen LogP contribution is 2.32. The van der Waals surface area contributed by atoms with Crippen molar-refractivity contribution in [2.24, 2.45) is 0 Å². The monoisotopic (exact) mass is 449 g/mol. The lowest BCUT2D eigenvalue weighted by molar-refractivity contribution is -0.123. The number of benzene rings is 1. The van der Waals surface area contributed by atoms with E-state index < -0.39 is 0 Å². The Kier molecular flexibility index (Phi) is 8.68. The lowest BCUT2D eigenvalue weighted by Crippen LogP contribution is -2.38. The summed E-state index contributed by atoms with van der Waals surface area (Å²) in [6.45, 7) is 5.34. The molecular formula is C21H27N3O4S2. The standard InChI is InChI=1S/C21H27N3O4S2/c1-27-17-5-3-16(4-6-17)15-18-20(26)24(21(29)30-18)10-7-19(25)22-8-2-9-23-11-13-28-14-12-23/h3-6,15H,2,7-14H2,1H3,(H,22,25)/b18-15+. The summed E-state index contributed by atoms with van der Waals surface area (Å²) in [5, 5.41) is 2.93. The van der Waals surface area contributed by atoms with Crippen molar-refractivity contribution >= 4 is 46.2 Å². The number of nitrogens with one attached hydrogen (secondary N) is 1. The largest absolute Gasteiger partial charge is 0.497 e. The van der Waals surface area contributed by atoms with Gasteiger partial charge in [-0.05, 0) is 36.7 Å². The van der Waals surface area contributed by atoms with Crippen molar-refractivity contribution in [3.8, 4) is 5.75 Å². The second kappa shape index (κ2) is 11.5. The van der Waals surface area contributed by atoms with E-state index in [0.717, 1.165) is 50.6 Å². The van der Waals surface area contributed by atoms with E-state index >= 15 is 0 Å². The van der Waals surface area contributed by atoms with Crippen LogP contribution in [0.5, 0.6) is 5.75 Å². The Hall–Kier alpha value is -1.94. The molecule has 1 aromatic rings. The maximum atomic E-state index is 12.7. The van der Waals surface area contributed by atoms with Crippen LogP contribution in [0.4, 0.5) is 0 Å². The van der Waals surface area contributed by atoms with Crippen LogP contribution in [-0.2, 0) is 14.3 Å². The Morgan fingerprint density at radius 3 is 2.70 bits per heavy atom. The van der Waals surface area contributed by atoms with Crippen LogP contribution in [0.15, 0.2) is 29.2 Å². The number of carbonyl (C=O) groups is 2. The summed E-state index contributed by atoms with van der Waals surface area (Å²) in [5.74, 6) is 0.543. The number of thioether (sulfide) groups is 1. The molecule has 2 amide bonds. The molecule has 2 saturated heterocycles. The van der Waals surface area contributed by atoms with Crippen LogP contribution in [0, 0.1) is 0 Å². The first-order chi connectivity index (χ1) is 14.6. The van der Waals surface area contributed by atoms with E-state index in [-0.39, 0.29) is 18.2 Å². The highest BCUT2D eigenvalue weighted by molar-refractivity contribution is 8.26. The summed E-state index contributed by atoms with van der Waals surface area (Å²) < 4.78 is 11.0. The minimum absolute atomic E-state index is 0.0647. The van der Waals surface area contributed by atoms with Crippen molar-refractivity contribution in [2.45, 2.75) is 12.8 Å². The first-order valence-corrected chi connectivity index (χ1v) is 11.3. The molecule has 1 aromatic carbocycles. The first kappa shape index (κ1) is 22.7. The number of amides is 2. The molecular weight excluding hydrogens is 422 g/mol. The summed E-state index contributed by atoms with van der Waals surface area (Å²) in [6, 6.07) is 7.46. The van der Waals surface area contributed by atoms with Crippen molar-refractivity contribution in [3.05, 3.63) is 34.7 Å². The topological polar surface area (TPSA) is 71.1 Å². The molecule has 0 aromatic heterocycles. The third-order valence-electron chi connectivity index (χ3n) is 4.93. The van der Waals surface area contributed by atoms with Crippen LogP contribution < -0.4 is 10.1 Å². The predicted molar refractivity (Wildman–Crippen MR) is 122 cm³/mol. The summed E-state index contributed by atoms with van der Waals surface area (Å²) in [6.07, 6.45) is 2.95. The van der Waals surface area contributed by atoms with Crippen molar-refractivity contribution in [2.75, 3.05) is 53.0 Å². The second-order valence-electron chi connectivity index (χ2n) is 7.01. The third kappa shape index (κ3) is 6.53. The van der Waals surface area contributed by atoms with Gasteiger partial charge in [0.2, 0.25) is 5.91 Å². The van der Waals surface area contributed by atoms with Gasteiger partial charge in [0.25, 0.3) is 5.91 Å². The molecule has 1 N–H and O–H groups in total. The zero-order chi connectivity index (χ0) is 21.3. The molecule has 3 rings (SSSR count). The molecule has 2 heterocycles. The molecule has 2 aliphatic rings. The minimum atomic E-state index is -0.152. The van der Waals surface area contributed by atoms with E-state index in [1.165, 1.54) is 16.7 Å². The fourth-order valence-corrected chi connectivity index (χ4v) is 4.51. The van der Waals surface area contributed by atoms with Gasteiger partial charge in [-0.1, -0.05) is 36.1 Å². The van der Waals surface area contributed by atoms with Crippen molar-refractivity contribution < 1.29 is 19.1 Å². The molecule has 7 nitrogen and oxygen atoms in total. The molecule has 0 atom stereocenters. The van der Waals surface area contributed by atoms with E-state index in [0.29, 0.717) is 22.3 Å². The molecule has 162 valence electrons. The van der Waals surface area contributed by atoms with Crippen molar-refractivity contribution in [1.82, 2.24) is 15.1 Å². The maximum Gasteiger partial charge on any atom is 0.266 e. The lowest BCUT2D eigenvalue weighted by atomic mass is 10.2. The van der Waals surface area contributed by atoms with E-state index in [4.69, 9.17) is 21.7 Å². The van der Waals surface area contributed by atoms with Crippen molar-refractivity contribution in [1.29, 1.82) is 0 Å². The van der Waals surface area contributed by atoms with Gasteiger partial charge in [0.15, 0.2) is 0 Å². The Labute approximate surface area is 186 Å². The number of ether oxygens (including phenoxy) is 2. The Morgan fingerprint density at radius 2 is 2.00 bits per heavy atom. The van der Waals surface area contributed by atoms with Gasteiger partial charge in [-0.15, -0.1) is 0 Å². The summed E-state index contributed by atoms with van der Waals surface area (Å²) >= 11 is 6.61. The smallest absolute Gasteiger partial charge is 0.266 e. The Balaban J connectivity index is 1.41. The quantitative estimate of drug-likeness (QED) is 0.352. The van der Waals surface area contributed by atoms with Gasteiger partial charge in [-0.3, -0.25) is 19.4 Å². The van der Waals surface area contributed by atoms with E-state index in [1.54, 1.807) is 7.11 Å². The molecule has 30 heavy (non-hydrogen) atoms. The summed E-state index contributed by atoms with van der Waals surface area (Å²) in [7, 11) is 1.61. The molecule has 0 bridgehead atoms. The number of hydrogen-bond acceptors (Lipinski definition) is 7. The van der Waals surface area contributed by atoms with Gasteiger partial charge in [-0.25, -0.2) is 0 Å².